The van der Waals surface area contributed by atoms with Crippen molar-refractivity contribution in [3.05, 3.63) is 70.3 Å². The van der Waals surface area contributed by atoms with Crippen molar-refractivity contribution in [2.24, 2.45) is 0 Å². The van der Waals surface area contributed by atoms with Gasteiger partial charge in [0.1, 0.15) is 24.1 Å². The first kappa shape index (κ1) is 18.2. The van der Waals surface area contributed by atoms with Gasteiger partial charge < -0.3 is 14.8 Å². The van der Waals surface area contributed by atoms with E-state index in [0.29, 0.717) is 29.4 Å². The number of nitrogens with zero attached hydrogens (tertiary/aromatic N) is 2. The fourth-order valence-electron chi connectivity index (χ4n) is 3.16. The molecule has 0 unspecified atom stereocenters. The van der Waals surface area contributed by atoms with Crippen LogP contribution in [0, 0.1) is 6.92 Å². The predicted octanol–water partition coefficient (Wildman–Crippen LogP) is 2.70. The fourth-order valence-corrected chi connectivity index (χ4v) is 3.16. The Labute approximate surface area is 161 Å². The lowest BCUT2D eigenvalue weighted by Gasteiger charge is -2.12. The average molecular weight is 379 g/mol. The summed E-state index contributed by atoms with van der Waals surface area (Å²) in [6, 6.07) is 12.3. The summed E-state index contributed by atoms with van der Waals surface area (Å²) in [4.78, 5) is 28.9. The quantitative estimate of drug-likeness (QED) is 0.737. The normalized spacial score (nSPS) is 16.2. The van der Waals surface area contributed by atoms with E-state index in [1.54, 1.807) is 30.5 Å². The second-order valence-electron chi connectivity index (χ2n) is 6.83. The SMILES string of the molecule is Cc1ccc2nc(COc3cccc(NC(=O)[C@@H]4CCCO4)c3)cc(=O)n2c1. The summed E-state index contributed by atoms with van der Waals surface area (Å²) >= 11 is 0. The van der Waals surface area contributed by atoms with Crippen LogP contribution in [0.4, 0.5) is 5.69 Å². The smallest absolute Gasteiger partial charge is 0.258 e. The first-order valence-electron chi connectivity index (χ1n) is 9.23. The number of rotatable bonds is 5. The molecule has 0 saturated carbocycles. The molecule has 1 atom stereocenters. The third-order valence-electron chi connectivity index (χ3n) is 4.57. The Balaban J connectivity index is 1.45. The maximum atomic E-state index is 12.3. The van der Waals surface area contributed by atoms with E-state index in [2.05, 4.69) is 10.3 Å². The van der Waals surface area contributed by atoms with Crippen LogP contribution in [0.15, 0.2) is 53.5 Å². The van der Waals surface area contributed by atoms with Crippen LogP contribution in [-0.4, -0.2) is 28.0 Å². The molecule has 2 aromatic heterocycles. The largest absolute Gasteiger partial charge is 0.487 e. The molecular formula is C21H21N3O4. The molecule has 4 rings (SSSR count). The molecule has 1 saturated heterocycles. The Morgan fingerprint density at radius 1 is 1.32 bits per heavy atom. The Morgan fingerprint density at radius 3 is 3.04 bits per heavy atom. The van der Waals surface area contributed by atoms with Crippen molar-refractivity contribution in [2.75, 3.05) is 11.9 Å². The third kappa shape index (κ3) is 4.04. The van der Waals surface area contributed by atoms with E-state index in [9.17, 15) is 9.59 Å². The first-order valence-corrected chi connectivity index (χ1v) is 9.23. The van der Waals surface area contributed by atoms with Crippen molar-refractivity contribution in [1.29, 1.82) is 0 Å². The summed E-state index contributed by atoms with van der Waals surface area (Å²) in [7, 11) is 0. The van der Waals surface area contributed by atoms with Crippen molar-refractivity contribution < 1.29 is 14.3 Å². The zero-order valence-corrected chi connectivity index (χ0v) is 15.6. The maximum absolute atomic E-state index is 12.3. The first-order chi connectivity index (χ1) is 13.6. The fraction of sp³-hybridized carbons (Fsp3) is 0.286. The molecule has 28 heavy (non-hydrogen) atoms. The Morgan fingerprint density at radius 2 is 2.21 bits per heavy atom. The molecule has 7 nitrogen and oxygen atoms in total. The zero-order valence-electron chi connectivity index (χ0n) is 15.6. The Hall–Kier alpha value is -3.19. The van der Waals surface area contributed by atoms with Crippen molar-refractivity contribution in [1.82, 2.24) is 9.38 Å². The number of carbonyl (C=O) groups is 1. The van der Waals surface area contributed by atoms with E-state index < -0.39 is 0 Å². The van der Waals surface area contributed by atoms with Crippen LogP contribution in [0.5, 0.6) is 5.75 Å². The van der Waals surface area contributed by atoms with Gasteiger partial charge in [0, 0.05) is 30.6 Å². The lowest BCUT2D eigenvalue weighted by atomic mass is 10.2. The highest BCUT2D eigenvalue weighted by molar-refractivity contribution is 5.94. The second kappa shape index (κ2) is 7.82. The standard InChI is InChI=1S/C21H21N3O4/c1-14-7-8-19-22-16(11-20(25)24(19)12-14)13-28-17-5-2-4-15(10-17)23-21(26)18-6-3-9-27-18/h2,4-5,7-8,10-12,18H,3,6,9,13H2,1H3,(H,23,26)/t18-/m0/s1. The molecule has 144 valence electrons. The number of aryl methyl sites for hydroxylation is 1. The number of pyridine rings is 1. The van der Waals surface area contributed by atoms with Gasteiger partial charge in [-0.2, -0.15) is 0 Å². The summed E-state index contributed by atoms with van der Waals surface area (Å²) < 4.78 is 12.7. The summed E-state index contributed by atoms with van der Waals surface area (Å²) in [6.45, 7) is 2.70. The number of ether oxygens (including phenoxy) is 2. The van der Waals surface area contributed by atoms with Crippen LogP contribution in [0.1, 0.15) is 24.1 Å². The van der Waals surface area contributed by atoms with Crippen molar-refractivity contribution in [3.63, 3.8) is 0 Å². The van der Waals surface area contributed by atoms with Crippen LogP contribution in [0.25, 0.3) is 5.65 Å². The molecule has 0 radical (unpaired) electrons. The van der Waals surface area contributed by atoms with Gasteiger partial charge in [0.2, 0.25) is 0 Å². The summed E-state index contributed by atoms with van der Waals surface area (Å²) in [5.74, 6) is 0.435. The van der Waals surface area contributed by atoms with E-state index in [-0.39, 0.29) is 24.2 Å². The third-order valence-corrected chi connectivity index (χ3v) is 4.57. The van der Waals surface area contributed by atoms with E-state index in [4.69, 9.17) is 9.47 Å². The summed E-state index contributed by atoms with van der Waals surface area (Å²) in [5, 5.41) is 2.85. The lowest BCUT2D eigenvalue weighted by molar-refractivity contribution is -0.124. The Bertz CT molecular complexity index is 1070. The molecule has 0 aliphatic carbocycles. The molecule has 1 aliphatic heterocycles. The van der Waals surface area contributed by atoms with E-state index in [1.807, 2.05) is 19.1 Å². The van der Waals surface area contributed by atoms with Crippen molar-refractivity contribution in [2.45, 2.75) is 32.5 Å². The van der Waals surface area contributed by atoms with Gasteiger partial charge in [0.25, 0.3) is 11.5 Å². The summed E-state index contributed by atoms with van der Waals surface area (Å²) in [6.07, 6.45) is 3.02. The molecule has 3 aromatic rings. The highest BCUT2D eigenvalue weighted by Crippen LogP contribution is 2.20. The van der Waals surface area contributed by atoms with Crippen LogP contribution in [0.2, 0.25) is 0 Å². The van der Waals surface area contributed by atoms with Crippen molar-refractivity contribution in [3.8, 4) is 5.75 Å². The molecule has 1 aliphatic rings. The number of hydrogen-bond acceptors (Lipinski definition) is 5. The molecular weight excluding hydrogens is 358 g/mol. The molecule has 1 aromatic carbocycles. The minimum absolute atomic E-state index is 0.144. The van der Waals surface area contributed by atoms with E-state index >= 15 is 0 Å². The van der Waals surface area contributed by atoms with Gasteiger partial charge in [-0.15, -0.1) is 0 Å². The Kier molecular flexibility index (Phi) is 5.08. The van der Waals surface area contributed by atoms with Crippen molar-refractivity contribution >= 4 is 17.2 Å². The van der Waals surface area contributed by atoms with Gasteiger partial charge in [0.05, 0.1) is 5.69 Å². The van der Waals surface area contributed by atoms with E-state index in [1.165, 1.54) is 10.5 Å². The molecule has 0 bridgehead atoms. The minimum atomic E-state index is -0.386. The molecule has 1 N–H and O–H groups in total. The minimum Gasteiger partial charge on any atom is -0.487 e. The number of fused-ring (bicyclic) bond motifs is 1. The maximum Gasteiger partial charge on any atom is 0.258 e. The predicted molar refractivity (Wildman–Crippen MR) is 105 cm³/mol. The number of carbonyl (C=O) groups excluding carboxylic acids is 1. The number of benzene rings is 1. The molecule has 1 amide bonds. The highest BCUT2D eigenvalue weighted by Gasteiger charge is 2.23. The average Bonchev–Trinajstić information content (AvgIpc) is 3.22. The van der Waals surface area contributed by atoms with Gasteiger partial charge in [-0.1, -0.05) is 12.1 Å². The number of anilines is 1. The number of hydrogen-bond donors (Lipinski definition) is 1. The molecule has 1 fully saturated rings. The monoisotopic (exact) mass is 379 g/mol. The number of amides is 1. The zero-order chi connectivity index (χ0) is 19.5. The number of nitrogens with one attached hydrogen (secondary N) is 1. The highest BCUT2D eigenvalue weighted by atomic mass is 16.5. The molecule has 7 heteroatoms. The van der Waals surface area contributed by atoms with Gasteiger partial charge in [-0.05, 0) is 43.5 Å². The lowest BCUT2D eigenvalue weighted by Crippen LogP contribution is -2.26. The summed E-state index contributed by atoms with van der Waals surface area (Å²) in [5.41, 5.74) is 2.60. The number of aromatic nitrogens is 2. The van der Waals surface area contributed by atoms with Crippen LogP contribution in [-0.2, 0) is 16.1 Å². The van der Waals surface area contributed by atoms with Crippen LogP contribution < -0.4 is 15.6 Å². The van der Waals surface area contributed by atoms with E-state index in [0.717, 1.165) is 18.4 Å². The topological polar surface area (TPSA) is 81.9 Å². The van der Waals surface area contributed by atoms with Crippen LogP contribution in [0.3, 0.4) is 0 Å². The van der Waals surface area contributed by atoms with Gasteiger partial charge >= 0.3 is 0 Å². The molecule has 3 heterocycles. The second-order valence-corrected chi connectivity index (χ2v) is 6.83. The van der Waals surface area contributed by atoms with Gasteiger partial charge in [-0.25, -0.2) is 4.98 Å². The molecule has 0 spiro atoms. The van der Waals surface area contributed by atoms with Gasteiger partial charge in [-0.3, -0.25) is 14.0 Å². The van der Waals surface area contributed by atoms with Gasteiger partial charge in [0.15, 0.2) is 0 Å². The van der Waals surface area contributed by atoms with Crippen LogP contribution >= 0.6 is 0 Å².